The molecule has 0 aliphatic rings. The van der Waals surface area contributed by atoms with E-state index in [4.69, 9.17) is 4.74 Å². The molecule has 0 amide bonds. The molecule has 0 spiro atoms. The molecule has 5 nitrogen and oxygen atoms in total. The van der Waals surface area contributed by atoms with Crippen LogP contribution >= 0.6 is 0 Å². The Balaban J connectivity index is 0.00000729. The van der Waals surface area contributed by atoms with E-state index >= 15 is 0 Å². The molecule has 1 aromatic carbocycles. The summed E-state index contributed by atoms with van der Waals surface area (Å²) >= 11 is 0. The number of ether oxygens (including phenoxy) is 1. The lowest BCUT2D eigenvalue weighted by Gasteiger charge is -2.37. The Morgan fingerprint density at radius 1 is 1.21 bits per heavy atom. The van der Waals surface area contributed by atoms with E-state index in [0.717, 1.165) is 37.1 Å². The normalized spacial score (nSPS) is 12.0. The minimum Gasteiger partial charge on any atom is -1.00 e. The number of nitrogens with zero attached hydrogens (tertiary/aromatic N) is 2. The van der Waals surface area contributed by atoms with Crippen LogP contribution in [0.4, 0.5) is 5.69 Å². The lowest BCUT2D eigenvalue weighted by molar-refractivity contribution is -0.925. The van der Waals surface area contributed by atoms with E-state index in [-0.39, 0.29) is 27.6 Å². The molecule has 0 radical (unpaired) electrons. The first-order chi connectivity index (χ1) is 12.8. The molecule has 0 saturated heterocycles. The molecule has 1 rings (SSSR count). The van der Waals surface area contributed by atoms with Crippen LogP contribution in [0.1, 0.15) is 53.9 Å². The van der Waals surface area contributed by atoms with Gasteiger partial charge >= 0.3 is 0 Å². The molecule has 0 N–H and O–H groups in total. The van der Waals surface area contributed by atoms with Gasteiger partial charge in [0.25, 0.3) is 5.69 Å². The fourth-order valence-electron chi connectivity index (χ4n) is 3.31. The van der Waals surface area contributed by atoms with Gasteiger partial charge in [-0.2, -0.15) is 0 Å². The van der Waals surface area contributed by atoms with E-state index in [1.165, 1.54) is 30.5 Å². The number of nitro benzene ring substituents is 1. The number of non-ortho nitro benzene ring substituents is 1. The Hall–Kier alpha value is -1.40. The number of hydrogen-bond donors (Lipinski definition) is 0. The van der Waals surface area contributed by atoms with Crippen LogP contribution in [-0.2, 0) is 0 Å². The maximum absolute atomic E-state index is 10.9. The van der Waals surface area contributed by atoms with Gasteiger partial charge in [-0.25, -0.2) is 0 Å². The van der Waals surface area contributed by atoms with E-state index in [9.17, 15) is 10.1 Å². The highest BCUT2D eigenvalue weighted by molar-refractivity contribution is 5.37. The maximum Gasteiger partial charge on any atom is 0.273 e. The number of allylic oxidation sites excluding steroid dienone is 2. The first kappa shape index (κ1) is 26.6. The number of benzene rings is 1. The zero-order valence-corrected chi connectivity index (χ0v) is 19.7. The summed E-state index contributed by atoms with van der Waals surface area (Å²) < 4.78 is 6.86. The van der Waals surface area contributed by atoms with Gasteiger partial charge in [-0.3, -0.25) is 10.1 Å². The molecule has 0 heterocycles. The van der Waals surface area contributed by atoms with Crippen LogP contribution in [0.15, 0.2) is 35.9 Å². The van der Waals surface area contributed by atoms with E-state index in [1.807, 2.05) is 0 Å². The minimum atomic E-state index is -0.387. The zero-order chi connectivity index (χ0) is 20.3. The number of nitro groups is 1. The van der Waals surface area contributed by atoms with Crippen LogP contribution in [0.3, 0.4) is 0 Å². The number of hydrogen-bond acceptors (Lipinski definition) is 3. The van der Waals surface area contributed by atoms with E-state index in [1.54, 1.807) is 12.1 Å². The second kappa shape index (κ2) is 13.7. The first-order valence-electron chi connectivity index (χ1n) is 10.2. The molecule has 0 aliphatic carbocycles. The van der Waals surface area contributed by atoms with Gasteiger partial charge in [0.15, 0.2) is 0 Å². The molecular formula is C22H37BrN2O3. The van der Waals surface area contributed by atoms with Crippen molar-refractivity contribution >= 4 is 5.69 Å². The van der Waals surface area contributed by atoms with Gasteiger partial charge < -0.3 is 26.2 Å². The topological polar surface area (TPSA) is 52.4 Å². The van der Waals surface area contributed by atoms with Crippen molar-refractivity contribution in [3.63, 3.8) is 0 Å². The second-order valence-electron chi connectivity index (χ2n) is 7.78. The van der Waals surface area contributed by atoms with Crippen molar-refractivity contribution in [1.29, 1.82) is 0 Å². The summed E-state index contributed by atoms with van der Waals surface area (Å²) in [6.07, 6.45) is 5.95. The van der Waals surface area contributed by atoms with Crippen molar-refractivity contribution in [2.45, 2.75) is 53.9 Å². The maximum atomic E-state index is 10.9. The van der Waals surface area contributed by atoms with Crippen LogP contribution in [-0.4, -0.2) is 42.2 Å². The Morgan fingerprint density at radius 3 is 2.46 bits per heavy atom. The standard InChI is InChI=1S/C22H37N2O3.BrH/c1-6-24(7-2,15-14-20(5)11-8-10-19(3)4)16-17-27-22-13-9-12-21(18-22)23(25)26;/h9-10,12-13,18,20H,6-8,11,14-17H2,1-5H3;1H/q+1;/p-1. The SMILES string of the molecule is CC[N+](CC)(CCOc1cccc([N+](=O)[O-])c1)CCC(C)CCC=C(C)C.[Br-]. The lowest BCUT2D eigenvalue weighted by atomic mass is 10.00. The summed E-state index contributed by atoms with van der Waals surface area (Å²) in [4.78, 5) is 10.5. The molecule has 0 bridgehead atoms. The smallest absolute Gasteiger partial charge is 0.273 e. The molecule has 6 heteroatoms. The fraction of sp³-hybridized carbons (Fsp3) is 0.636. The van der Waals surface area contributed by atoms with Gasteiger partial charge in [-0.05, 0) is 58.9 Å². The zero-order valence-electron chi connectivity index (χ0n) is 18.1. The quantitative estimate of drug-likeness (QED) is 0.198. The molecule has 0 aliphatic heterocycles. The van der Waals surface area contributed by atoms with Gasteiger partial charge in [0.2, 0.25) is 0 Å². The third kappa shape index (κ3) is 9.69. The monoisotopic (exact) mass is 456 g/mol. The Bertz CT molecular complexity index is 612. The number of halogens is 1. The number of likely N-dealkylation sites (N-methyl/N-ethyl adjacent to an activating group) is 1. The first-order valence-corrected chi connectivity index (χ1v) is 10.2. The van der Waals surface area contributed by atoms with Gasteiger partial charge in [0, 0.05) is 6.07 Å². The van der Waals surface area contributed by atoms with Gasteiger partial charge in [-0.1, -0.05) is 24.6 Å². The number of quaternary nitrogens is 1. The largest absolute Gasteiger partial charge is 1.00 e. The van der Waals surface area contributed by atoms with Crippen molar-refractivity contribution in [1.82, 2.24) is 0 Å². The molecule has 1 unspecified atom stereocenters. The van der Waals surface area contributed by atoms with Crippen LogP contribution in [0.5, 0.6) is 5.75 Å². The van der Waals surface area contributed by atoms with Crippen LogP contribution in [0, 0.1) is 16.0 Å². The fourth-order valence-corrected chi connectivity index (χ4v) is 3.31. The van der Waals surface area contributed by atoms with Gasteiger partial charge in [0.05, 0.1) is 30.6 Å². The molecule has 0 fully saturated rings. The highest BCUT2D eigenvalue weighted by atomic mass is 79.9. The molecule has 1 aromatic rings. The third-order valence-corrected chi connectivity index (χ3v) is 5.51. The summed E-state index contributed by atoms with van der Waals surface area (Å²) in [5.74, 6) is 1.29. The van der Waals surface area contributed by atoms with Crippen molar-refractivity contribution < 1.29 is 31.1 Å². The highest BCUT2D eigenvalue weighted by Crippen LogP contribution is 2.20. The van der Waals surface area contributed by atoms with Gasteiger partial charge in [-0.15, -0.1) is 0 Å². The van der Waals surface area contributed by atoms with Crippen LogP contribution in [0.2, 0.25) is 0 Å². The average molecular weight is 457 g/mol. The third-order valence-electron chi connectivity index (χ3n) is 5.51. The highest BCUT2D eigenvalue weighted by Gasteiger charge is 2.24. The van der Waals surface area contributed by atoms with Crippen molar-refractivity contribution in [3.8, 4) is 5.75 Å². The molecule has 1 atom stereocenters. The summed E-state index contributed by atoms with van der Waals surface area (Å²) in [5.41, 5.74) is 1.47. The van der Waals surface area contributed by atoms with Crippen molar-refractivity contribution in [2.75, 3.05) is 32.8 Å². The Labute approximate surface area is 181 Å². The van der Waals surface area contributed by atoms with Crippen molar-refractivity contribution in [2.24, 2.45) is 5.92 Å². The summed E-state index contributed by atoms with van der Waals surface area (Å²) in [7, 11) is 0. The van der Waals surface area contributed by atoms with Crippen molar-refractivity contribution in [3.05, 3.63) is 46.0 Å². The molecule has 28 heavy (non-hydrogen) atoms. The van der Waals surface area contributed by atoms with Crippen LogP contribution in [0.25, 0.3) is 0 Å². The lowest BCUT2D eigenvalue weighted by Crippen LogP contribution is -3.00. The predicted molar refractivity (Wildman–Crippen MR) is 112 cm³/mol. The van der Waals surface area contributed by atoms with E-state index in [2.05, 4.69) is 40.7 Å². The molecule has 160 valence electrons. The molecule has 0 aromatic heterocycles. The summed E-state index contributed by atoms with van der Waals surface area (Å²) in [6.45, 7) is 16.0. The van der Waals surface area contributed by atoms with Crippen LogP contribution < -0.4 is 21.7 Å². The van der Waals surface area contributed by atoms with E-state index in [0.29, 0.717) is 18.3 Å². The average Bonchev–Trinajstić information content (AvgIpc) is 2.64. The predicted octanol–water partition coefficient (Wildman–Crippen LogP) is 2.61. The summed E-state index contributed by atoms with van der Waals surface area (Å²) in [5, 5.41) is 10.9. The second-order valence-corrected chi connectivity index (χ2v) is 7.78. The Morgan fingerprint density at radius 2 is 1.89 bits per heavy atom. The van der Waals surface area contributed by atoms with Gasteiger partial charge in [0.1, 0.15) is 18.9 Å². The molecule has 0 saturated carbocycles. The summed E-state index contributed by atoms with van der Waals surface area (Å²) in [6, 6.07) is 6.44. The van der Waals surface area contributed by atoms with E-state index < -0.39 is 0 Å². The Kier molecular flexibility index (Phi) is 13.0. The number of rotatable bonds is 13. The minimum absolute atomic E-state index is 0. The molecular weight excluding hydrogens is 420 g/mol.